The minimum Gasteiger partial charge on any atom is -0.372 e. The van der Waals surface area contributed by atoms with E-state index in [0.717, 1.165) is 39.1 Å². The number of morpholine rings is 1. The molecule has 0 aromatic heterocycles. The van der Waals surface area contributed by atoms with E-state index in [-0.39, 0.29) is 5.60 Å². The Morgan fingerprint density at radius 2 is 2.00 bits per heavy atom. The highest BCUT2D eigenvalue weighted by molar-refractivity contribution is 4.96. The average Bonchev–Trinajstić information content (AvgIpc) is 2.12. The molecule has 12 heavy (non-hydrogen) atoms. The lowest BCUT2D eigenvalue weighted by Crippen LogP contribution is -2.60. The zero-order chi connectivity index (χ0) is 8.44. The van der Waals surface area contributed by atoms with Crippen molar-refractivity contribution in [3.8, 4) is 0 Å². The third-order valence-corrected chi connectivity index (χ3v) is 3.18. The van der Waals surface area contributed by atoms with Crippen LogP contribution in [-0.4, -0.2) is 37.9 Å². The number of hydrogen-bond donors (Lipinski definition) is 2. The van der Waals surface area contributed by atoms with Crippen LogP contribution in [0.25, 0.3) is 0 Å². The van der Waals surface area contributed by atoms with Crippen LogP contribution in [0, 0.1) is 0 Å². The van der Waals surface area contributed by atoms with E-state index in [1.54, 1.807) is 0 Å². The zero-order valence-corrected chi connectivity index (χ0v) is 7.73. The topological polar surface area (TPSA) is 33.3 Å². The van der Waals surface area contributed by atoms with Crippen molar-refractivity contribution in [3.63, 3.8) is 0 Å². The summed E-state index contributed by atoms with van der Waals surface area (Å²) < 4.78 is 5.92. The summed E-state index contributed by atoms with van der Waals surface area (Å²) in [5.74, 6) is 0. The molecule has 0 aromatic rings. The predicted octanol–water partition coefficient (Wildman–Crippen LogP) is 0.117. The van der Waals surface area contributed by atoms with Gasteiger partial charge in [-0.3, -0.25) is 0 Å². The molecular weight excluding hydrogens is 152 g/mol. The molecule has 70 valence electrons. The zero-order valence-electron chi connectivity index (χ0n) is 7.73. The van der Waals surface area contributed by atoms with Crippen LogP contribution in [0.2, 0.25) is 0 Å². The Labute approximate surface area is 73.9 Å². The Balaban J connectivity index is 2.04. The third-order valence-electron chi connectivity index (χ3n) is 3.18. The molecule has 0 radical (unpaired) electrons. The fourth-order valence-electron chi connectivity index (χ4n) is 2.27. The Bertz CT molecular complexity index is 146. The predicted molar refractivity (Wildman–Crippen MR) is 48.3 cm³/mol. The Morgan fingerprint density at radius 1 is 1.25 bits per heavy atom. The molecule has 1 atom stereocenters. The van der Waals surface area contributed by atoms with E-state index in [1.807, 2.05) is 0 Å². The molecule has 0 aromatic carbocycles. The van der Waals surface area contributed by atoms with Gasteiger partial charge in [0.25, 0.3) is 0 Å². The van der Waals surface area contributed by atoms with Gasteiger partial charge < -0.3 is 15.4 Å². The van der Waals surface area contributed by atoms with Crippen molar-refractivity contribution in [3.05, 3.63) is 0 Å². The molecule has 0 aliphatic carbocycles. The van der Waals surface area contributed by atoms with Gasteiger partial charge in [0.05, 0.1) is 12.2 Å². The molecule has 2 fully saturated rings. The highest BCUT2D eigenvalue weighted by Gasteiger charge is 2.40. The van der Waals surface area contributed by atoms with E-state index in [2.05, 4.69) is 17.6 Å². The molecule has 2 N–H and O–H groups in total. The van der Waals surface area contributed by atoms with Crippen molar-refractivity contribution in [2.45, 2.75) is 31.4 Å². The van der Waals surface area contributed by atoms with E-state index in [0.29, 0.717) is 6.04 Å². The standard InChI is InChI=1S/C9H18N2O/c1-8-9(12-7-6-11-8)2-4-10-5-3-9/h8,10-11H,2-7H2,1H3. The first-order chi connectivity index (χ1) is 5.83. The largest absolute Gasteiger partial charge is 0.372 e. The van der Waals surface area contributed by atoms with Gasteiger partial charge in [0, 0.05) is 12.6 Å². The van der Waals surface area contributed by atoms with E-state index >= 15 is 0 Å². The summed E-state index contributed by atoms with van der Waals surface area (Å²) in [5, 5.41) is 6.86. The van der Waals surface area contributed by atoms with E-state index in [1.165, 1.54) is 0 Å². The van der Waals surface area contributed by atoms with Crippen LogP contribution in [0.15, 0.2) is 0 Å². The first-order valence-corrected chi connectivity index (χ1v) is 4.92. The van der Waals surface area contributed by atoms with Crippen molar-refractivity contribution in [1.29, 1.82) is 0 Å². The minimum absolute atomic E-state index is 0.142. The van der Waals surface area contributed by atoms with Crippen molar-refractivity contribution in [2.75, 3.05) is 26.2 Å². The van der Waals surface area contributed by atoms with Crippen LogP contribution in [0.3, 0.4) is 0 Å². The molecule has 2 aliphatic rings. The van der Waals surface area contributed by atoms with Gasteiger partial charge >= 0.3 is 0 Å². The summed E-state index contributed by atoms with van der Waals surface area (Å²) in [6.45, 7) is 6.34. The van der Waals surface area contributed by atoms with Crippen molar-refractivity contribution in [1.82, 2.24) is 10.6 Å². The smallest absolute Gasteiger partial charge is 0.0856 e. The van der Waals surface area contributed by atoms with Crippen LogP contribution < -0.4 is 10.6 Å². The second kappa shape index (κ2) is 3.32. The summed E-state index contributed by atoms with van der Waals surface area (Å²) in [5.41, 5.74) is 0.142. The van der Waals surface area contributed by atoms with Gasteiger partial charge in [-0.15, -0.1) is 0 Å². The maximum Gasteiger partial charge on any atom is 0.0856 e. The fourth-order valence-corrected chi connectivity index (χ4v) is 2.27. The maximum absolute atomic E-state index is 5.92. The Morgan fingerprint density at radius 3 is 2.67 bits per heavy atom. The second-order valence-corrected chi connectivity index (χ2v) is 3.84. The number of piperidine rings is 1. The van der Waals surface area contributed by atoms with Gasteiger partial charge in [0.1, 0.15) is 0 Å². The van der Waals surface area contributed by atoms with Gasteiger partial charge in [0.15, 0.2) is 0 Å². The number of hydrogen-bond acceptors (Lipinski definition) is 3. The molecule has 0 bridgehead atoms. The van der Waals surface area contributed by atoms with Crippen LogP contribution in [0.5, 0.6) is 0 Å². The number of rotatable bonds is 0. The molecule has 0 amide bonds. The quantitative estimate of drug-likeness (QED) is 0.541. The van der Waals surface area contributed by atoms with Crippen LogP contribution in [0.1, 0.15) is 19.8 Å². The summed E-state index contributed by atoms with van der Waals surface area (Å²) in [7, 11) is 0. The maximum atomic E-state index is 5.92. The molecule has 2 aliphatic heterocycles. The Kier molecular flexibility index (Phi) is 2.35. The van der Waals surface area contributed by atoms with Crippen molar-refractivity contribution in [2.24, 2.45) is 0 Å². The summed E-state index contributed by atoms with van der Waals surface area (Å²) in [6, 6.07) is 0.522. The fraction of sp³-hybridized carbons (Fsp3) is 1.00. The summed E-state index contributed by atoms with van der Waals surface area (Å²) in [6.07, 6.45) is 2.31. The molecular formula is C9H18N2O. The van der Waals surface area contributed by atoms with Crippen LogP contribution >= 0.6 is 0 Å². The first-order valence-electron chi connectivity index (χ1n) is 4.92. The van der Waals surface area contributed by atoms with Gasteiger partial charge in [0.2, 0.25) is 0 Å². The molecule has 2 rings (SSSR count). The normalized spacial score (nSPS) is 35.2. The lowest BCUT2D eigenvalue weighted by Gasteiger charge is -2.45. The highest BCUT2D eigenvalue weighted by atomic mass is 16.5. The first kappa shape index (κ1) is 8.48. The van der Waals surface area contributed by atoms with Gasteiger partial charge in [-0.2, -0.15) is 0 Å². The SMILES string of the molecule is CC1NCCOC12CCNCC2. The number of ether oxygens (including phenoxy) is 1. The molecule has 1 unspecified atom stereocenters. The van der Waals surface area contributed by atoms with Crippen LogP contribution in [-0.2, 0) is 4.74 Å². The highest BCUT2D eigenvalue weighted by Crippen LogP contribution is 2.28. The molecule has 2 heterocycles. The average molecular weight is 170 g/mol. The monoisotopic (exact) mass is 170 g/mol. The lowest BCUT2D eigenvalue weighted by molar-refractivity contribution is -0.109. The molecule has 3 nitrogen and oxygen atoms in total. The molecule has 1 spiro atoms. The van der Waals surface area contributed by atoms with Gasteiger partial charge in [-0.25, -0.2) is 0 Å². The minimum atomic E-state index is 0.142. The van der Waals surface area contributed by atoms with Crippen LogP contribution in [0.4, 0.5) is 0 Å². The molecule has 3 heteroatoms. The number of nitrogens with one attached hydrogen (secondary N) is 2. The molecule has 2 saturated heterocycles. The third kappa shape index (κ3) is 1.37. The van der Waals surface area contributed by atoms with E-state index < -0.39 is 0 Å². The van der Waals surface area contributed by atoms with Crippen molar-refractivity contribution < 1.29 is 4.74 Å². The Hall–Kier alpha value is -0.120. The molecule has 0 saturated carbocycles. The second-order valence-electron chi connectivity index (χ2n) is 3.84. The van der Waals surface area contributed by atoms with Crippen molar-refractivity contribution >= 4 is 0 Å². The van der Waals surface area contributed by atoms with E-state index in [4.69, 9.17) is 4.74 Å². The van der Waals surface area contributed by atoms with Gasteiger partial charge in [-0.05, 0) is 32.9 Å². The summed E-state index contributed by atoms with van der Waals surface area (Å²) >= 11 is 0. The lowest BCUT2D eigenvalue weighted by atomic mass is 9.84. The summed E-state index contributed by atoms with van der Waals surface area (Å²) in [4.78, 5) is 0. The van der Waals surface area contributed by atoms with Gasteiger partial charge in [-0.1, -0.05) is 0 Å². The van der Waals surface area contributed by atoms with E-state index in [9.17, 15) is 0 Å².